The van der Waals surface area contributed by atoms with Crippen molar-refractivity contribution in [3.05, 3.63) is 23.3 Å². The number of carbonyl (C=O) groups is 2. The van der Waals surface area contributed by atoms with Gasteiger partial charge in [-0.05, 0) is 92.4 Å². The van der Waals surface area contributed by atoms with Gasteiger partial charge in [-0.2, -0.15) is 0 Å². The minimum atomic E-state index is -0.220. The van der Waals surface area contributed by atoms with Gasteiger partial charge in [-0.1, -0.05) is 51.8 Å². The second kappa shape index (κ2) is 7.31. The van der Waals surface area contributed by atoms with Crippen molar-refractivity contribution in [3.8, 4) is 0 Å². The molecule has 0 bridgehead atoms. The summed E-state index contributed by atoms with van der Waals surface area (Å²) in [5, 5.41) is 0. The summed E-state index contributed by atoms with van der Waals surface area (Å²) in [6.45, 7) is 16.1. The number of carbonyl (C=O) groups excluding carboxylic acids is 2. The summed E-state index contributed by atoms with van der Waals surface area (Å²) in [6.07, 6.45) is 13.0. The molecule has 5 rings (SSSR count). The van der Waals surface area contributed by atoms with Gasteiger partial charge in [-0.25, -0.2) is 0 Å². The van der Waals surface area contributed by atoms with Crippen LogP contribution in [0.5, 0.6) is 0 Å². The number of rotatable bonds is 2. The third-order valence-electron chi connectivity index (χ3n) is 11.7. The summed E-state index contributed by atoms with van der Waals surface area (Å²) in [7, 11) is 0. The lowest BCUT2D eigenvalue weighted by Gasteiger charge is -2.63. The van der Waals surface area contributed by atoms with Crippen LogP contribution in [0.25, 0.3) is 0 Å². The summed E-state index contributed by atoms with van der Waals surface area (Å²) in [4.78, 5) is 25.8. The SMILES string of the molecule is CC(C)=C[C@H]1C[C@@H]([C@@H]2CC[C@]3(C)C4=CC[C@H]5C(C)(C)C(=O)CC[C@]5(C)[C@H]4CC[C@@]23C)C(=O)O1. The lowest BCUT2D eigenvalue weighted by Crippen LogP contribution is -2.57. The minimum absolute atomic E-state index is 0.0345. The Morgan fingerprint density at radius 3 is 2.45 bits per heavy atom. The Kier molecular flexibility index (Phi) is 5.18. The second-order valence-electron chi connectivity index (χ2n) is 13.6. The van der Waals surface area contributed by atoms with E-state index in [-0.39, 0.29) is 39.7 Å². The van der Waals surface area contributed by atoms with E-state index >= 15 is 0 Å². The summed E-state index contributed by atoms with van der Waals surface area (Å²) in [5.74, 6) is 1.96. The molecule has 0 aromatic rings. The van der Waals surface area contributed by atoms with E-state index in [0.29, 0.717) is 23.5 Å². The highest BCUT2D eigenvalue weighted by atomic mass is 16.5. The molecule has 182 valence electrons. The van der Waals surface area contributed by atoms with Crippen molar-refractivity contribution in [1.29, 1.82) is 0 Å². The van der Waals surface area contributed by atoms with E-state index in [0.717, 1.165) is 32.1 Å². The van der Waals surface area contributed by atoms with Gasteiger partial charge in [0.15, 0.2) is 0 Å². The van der Waals surface area contributed by atoms with E-state index in [4.69, 9.17) is 4.74 Å². The molecule has 0 N–H and O–H groups in total. The molecule has 0 aromatic carbocycles. The highest BCUT2D eigenvalue weighted by molar-refractivity contribution is 5.85. The van der Waals surface area contributed by atoms with E-state index < -0.39 is 0 Å². The van der Waals surface area contributed by atoms with Gasteiger partial charge in [0.25, 0.3) is 0 Å². The van der Waals surface area contributed by atoms with Crippen molar-refractivity contribution in [2.24, 2.45) is 45.3 Å². The molecule has 33 heavy (non-hydrogen) atoms. The lowest BCUT2D eigenvalue weighted by molar-refractivity contribution is -0.148. The highest BCUT2D eigenvalue weighted by Crippen LogP contribution is 2.73. The standard InChI is InChI=1S/C30H44O3/c1-18(2)16-19-17-20(26(32)33-19)21-10-14-30(7)23-8-9-24-27(3,4)25(31)12-13-28(24,5)22(23)11-15-29(21,30)6/h8,16,19-22,24H,9-15,17H2,1-7H3/t19-,20-,21-,22-,24-,28+,29-,30+/m0/s1. The van der Waals surface area contributed by atoms with Gasteiger partial charge in [0.1, 0.15) is 11.9 Å². The van der Waals surface area contributed by atoms with Crippen molar-refractivity contribution in [2.75, 3.05) is 0 Å². The van der Waals surface area contributed by atoms with Crippen LogP contribution < -0.4 is 0 Å². The molecule has 0 amide bonds. The maximum atomic E-state index is 13.0. The molecule has 3 nitrogen and oxygen atoms in total. The Bertz CT molecular complexity index is 936. The maximum absolute atomic E-state index is 13.0. The van der Waals surface area contributed by atoms with E-state index in [1.165, 1.54) is 24.8 Å². The highest BCUT2D eigenvalue weighted by Gasteiger charge is 2.66. The predicted molar refractivity (Wildman–Crippen MR) is 131 cm³/mol. The molecule has 4 fully saturated rings. The first-order valence-corrected chi connectivity index (χ1v) is 13.4. The number of cyclic esters (lactones) is 1. The van der Waals surface area contributed by atoms with Crippen molar-refractivity contribution in [1.82, 2.24) is 0 Å². The average Bonchev–Trinajstić information content (AvgIpc) is 3.20. The molecule has 1 heterocycles. The summed E-state index contributed by atoms with van der Waals surface area (Å²) in [5.41, 5.74) is 3.18. The van der Waals surface area contributed by atoms with Crippen LogP contribution in [0.4, 0.5) is 0 Å². The van der Waals surface area contributed by atoms with Crippen LogP contribution in [0.3, 0.4) is 0 Å². The normalized spacial score (nSPS) is 48.3. The van der Waals surface area contributed by atoms with Crippen molar-refractivity contribution in [2.45, 2.75) is 106 Å². The van der Waals surface area contributed by atoms with Gasteiger partial charge in [-0.3, -0.25) is 9.59 Å². The molecule has 0 aromatic heterocycles. The van der Waals surface area contributed by atoms with Crippen LogP contribution in [0, 0.1) is 45.3 Å². The predicted octanol–water partition coefficient (Wildman–Crippen LogP) is 7.06. The zero-order chi connectivity index (χ0) is 24.0. The first-order valence-electron chi connectivity index (χ1n) is 13.4. The fourth-order valence-electron chi connectivity index (χ4n) is 9.63. The molecule has 4 aliphatic carbocycles. The largest absolute Gasteiger partial charge is 0.458 e. The fourth-order valence-corrected chi connectivity index (χ4v) is 9.63. The molecule has 1 saturated heterocycles. The molecule has 0 spiro atoms. The van der Waals surface area contributed by atoms with E-state index in [2.05, 4.69) is 60.6 Å². The van der Waals surface area contributed by atoms with Gasteiger partial charge in [0, 0.05) is 18.3 Å². The Labute approximate surface area is 200 Å². The lowest BCUT2D eigenvalue weighted by atomic mass is 9.41. The van der Waals surface area contributed by atoms with Gasteiger partial charge < -0.3 is 4.74 Å². The monoisotopic (exact) mass is 452 g/mol. The molecular formula is C30H44O3. The first kappa shape index (κ1) is 23.4. The Morgan fingerprint density at radius 2 is 1.76 bits per heavy atom. The molecule has 1 aliphatic heterocycles. The van der Waals surface area contributed by atoms with Crippen LogP contribution in [0.2, 0.25) is 0 Å². The molecule has 0 radical (unpaired) electrons. The number of Topliss-reactive ketones (excluding diaryl/α,β-unsaturated/α-hetero) is 1. The van der Waals surface area contributed by atoms with Gasteiger partial charge in [0.2, 0.25) is 0 Å². The Balaban J connectivity index is 1.47. The summed E-state index contributed by atoms with van der Waals surface area (Å²) in [6, 6.07) is 0. The van der Waals surface area contributed by atoms with Crippen LogP contribution in [-0.4, -0.2) is 17.9 Å². The van der Waals surface area contributed by atoms with Crippen molar-refractivity contribution < 1.29 is 14.3 Å². The molecule has 5 aliphatic rings. The number of allylic oxidation sites excluding steroid dienone is 3. The van der Waals surface area contributed by atoms with Crippen molar-refractivity contribution in [3.63, 3.8) is 0 Å². The fraction of sp³-hybridized carbons (Fsp3) is 0.800. The zero-order valence-electron chi connectivity index (χ0n) is 21.9. The number of esters is 1. The number of fused-ring (bicyclic) bond motifs is 5. The molecule has 3 saturated carbocycles. The second-order valence-corrected chi connectivity index (χ2v) is 13.6. The molecule has 8 atom stereocenters. The van der Waals surface area contributed by atoms with Crippen LogP contribution in [0.1, 0.15) is 99.8 Å². The zero-order valence-corrected chi connectivity index (χ0v) is 21.9. The molecular weight excluding hydrogens is 408 g/mol. The Morgan fingerprint density at radius 1 is 1.03 bits per heavy atom. The number of hydrogen-bond acceptors (Lipinski definition) is 3. The summed E-state index contributed by atoms with van der Waals surface area (Å²) >= 11 is 0. The van der Waals surface area contributed by atoms with Crippen LogP contribution in [-0.2, 0) is 14.3 Å². The third kappa shape index (κ3) is 3.05. The topological polar surface area (TPSA) is 43.4 Å². The average molecular weight is 453 g/mol. The van der Waals surface area contributed by atoms with Gasteiger partial charge in [-0.15, -0.1) is 0 Å². The Hall–Kier alpha value is -1.38. The van der Waals surface area contributed by atoms with Crippen LogP contribution >= 0.6 is 0 Å². The number of ketones is 1. The van der Waals surface area contributed by atoms with E-state index in [1.807, 2.05) is 0 Å². The quantitative estimate of drug-likeness (QED) is 0.333. The molecule has 3 heteroatoms. The molecule has 0 unspecified atom stereocenters. The number of ether oxygens (including phenoxy) is 1. The van der Waals surface area contributed by atoms with Crippen LogP contribution in [0.15, 0.2) is 23.3 Å². The third-order valence-corrected chi connectivity index (χ3v) is 11.7. The first-order chi connectivity index (χ1) is 15.3. The minimum Gasteiger partial charge on any atom is -0.458 e. The number of hydrogen-bond donors (Lipinski definition) is 0. The van der Waals surface area contributed by atoms with Crippen molar-refractivity contribution >= 4 is 11.8 Å². The van der Waals surface area contributed by atoms with E-state index in [1.54, 1.807) is 5.57 Å². The smallest absolute Gasteiger partial charge is 0.309 e. The van der Waals surface area contributed by atoms with Gasteiger partial charge in [0.05, 0.1) is 5.92 Å². The van der Waals surface area contributed by atoms with E-state index in [9.17, 15) is 9.59 Å². The van der Waals surface area contributed by atoms with Gasteiger partial charge >= 0.3 is 5.97 Å². The summed E-state index contributed by atoms with van der Waals surface area (Å²) < 4.78 is 5.82. The maximum Gasteiger partial charge on any atom is 0.309 e.